The standard InChI is InChI=1S/C23H25N3O5S2/c1-15-6-5-7-21(17(15)3)26-33(30,31)20-12-9-18(10-13-20)23(27)24-19-11-8-16(2)22(14-19)25-32(4,28)29/h5-14,25-26H,1-4H3,(H,24,27). The predicted octanol–water partition coefficient (Wildman–Crippen LogP) is 4.04. The minimum Gasteiger partial charge on any atom is -0.322 e. The van der Waals surface area contributed by atoms with Gasteiger partial charge in [0.1, 0.15) is 0 Å². The van der Waals surface area contributed by atoms with Crippen molar-refractivity contribution in [2.75, 3.05) is 21.0 Å². The van der Waals surface area contributed by atoms with Crippen LogP contribution in [-0.4, -0.2) is 29.0 Å². The van der Waals surface area contributed by atoms with Gasteiger partial charge in [-0.1, -0.05) is 18.2 Å². The molecule has 0 saturated carbocycles. The zero-order chi connectivity index (χ0) is 24.4. The number of rotatable bonds is 7. The molecule has 0 aliphatic rings. The lowest BCUT2D eigenvalue weighted by Crippen LogP contribution is -2.16. The van der Waals surface area contributed by atoms with Gasteiger partial charge in [-0.05, 0) is 79.9 Å². The number of amides is 1. The second-order valence-electron chi connectivity index (χ2n) is 7.74. The smallest absolute Gasteiger partial charge is 0.261 e. The van der Waals surface area contributed by atoms with Crippen molar-refractivity contribution in [3.8, 4) is 0 Å². The van der Waals surface area contributed by atoms with E-state index in [2.05, 4.69) is 14.8 Å². The first-order chi connectivity index (χ1) is 15.4. The van der Waals surface area contributed by atoms with Gasteiger partial charge in [0.05, 0.1) is 22.5 Å². The SMILES string of the molecule is Cc1ccc(NC(=O)c2ccc(S(=O)(=O)Nc3cccc(C)c3C)cc2)cc1NS(C)(=O)=O. The van der Waals surface area contributed by atoms with E-state index >= 15 is 0 Å². The lowest BCUT2D eigenvalue weighted by Gasteiger charge is -2.13. The van der Waals surface area contributed by atoms with Gasteiger partial charge in [-0.2, -0.15) is 0 Å². The van der Waals surface area contributed by atoms with Gasteiger partial charge in [-0.3, -0.25) is 14.2 Å². The van der Waals surface area contributed by atoms with E-state index in [-0.39, 0.29) is 10.5 Å². The van der Waals surface area contributed by atoms with E-state index in [9.17, 15) is 21.6 Å². The van der Waals surface area contributed by atoms with Crippen molar-refractivity contribution >= 4 is 43.0 Å². The summed E-state index contributed by atoms with van der Waals surface area (Å²) in [5.41, 5.74) is 3.99. The Balaban J connectivity index is 1.76. The third-order valence-electron chi connectivity index (χ3n) is 5.07. The quantitative estimate of drug-likeness (QED) is 0.464. The van der Waals surface area contributed by atoms with Crippen molar-refractivity contribution in [2.45, 2.75) is 25.7 Å². The molecule has 0 aromatic heterocycles. The summed E-state index contributed by atoms with van der Waals surface area (Å²) in [5, 5.41) is 2.68. The molecule has 1 amide bonds. The summed E-state index contributed by atoms with van der Waals surface area (Å²) < 4.78 is 53.5. The molecule has 10 heteroatoms. The maximum Gasteiger partial charge on any atom is 0.261 e. The lowest BCUT2D eigenvalue weighted by molar-refractivity contribution is 0.102. The van der Waals surface area contributed by atoms with Gasteiger partial charge in [-0.25, -0.2) is 16.8 Å². The van der Waals surface area contributed by atoms with Gasteiger partial charge in [0, 0.05) is 11.3 Å². The van der Waals surface area contributed by atoms with E-state index in [4.69, 9.17) is 0 Å². The third-order valence-corrected chi connectivity index (χ3v) is 7.04. The fourth-order valence-electron chi connectivity index (χ4n) is 3.06. The third kappa shape index (κ3) is 6.11. The van der Waals surface area contributed by atoms with E-state index in [1.165, 1.54) is 30.3 Å². The fraction of sp³-hybridized carbons (Fsp3) is 0.174. The first-order valence-corrected chi connectivity index (χ1v) is 13.3. The van der Waals surface area contributed by atoms with Crippen LogP contribution in [0, 0.1) is 20.8 Å². The maximum absolute atomic E-state index is 12.8. The number of carbonyl (C=O) groups excluding carboxylic acids is 1. The molecule has 0 unspecified atom stereocenters. The highest BCUT2D eigenvalue weighted by Gasteiger charge is 2.17. The van der Waals surface area contributed by atoms with Gasteiger partial charge in [0.15, 0.2) is 0 Å². The first kappa shape index (κ1) is 24.3. The van der Waals surface area contributed by atoms with Gasteiger partial charge in [0.2, 0.25) is 10.0 Å². The van der Waals surface area contributed by atoms with Crippen molar-refractivity contribution in [2.24, 2.45) is 0 Å². The number of hydrogen-bond donors (Lipinski definition) is 3. The maximum atomic E-state index is 12.8. The van der Waals surface area contributed by atoms with Crippen LogP contribution < -0.4 is 14.8 Å². The largest absolute Gasteiger partial charge is 0.322 e. The molecule has 3 N–H and O–H groups in total. The Hall–Kier alpha value is -3.37. The molecule has 0 atom stereocenters. The summed E-state index contributed by atoms with van der Waals surface area (Å²) in [6, 6.07) is 15.7. The van der Waals surface area contributed by atoms with Crippen LogP contribution in [0.1, 0.15) is 27.0 Å². The summed E-state index contributed by atoms with van der Waals surface area (Å²) in [5.74, 6) is -0.462. The van der Waals surface area contributed by atoms with Crippen LogP contribution >= 0.6 is 0 Å². The highest BCUT2D eigenvalue weighted by atomic mass is 32.2. The summed E-state index contributed by atoms with van der Waals surface area (Å²) in [7, 11) is -7.30. The number of nitrogens with one attached hydrogen (secondary N) is 3. The molecule has 33 heavy (non-hydrogen) atoms. The van der Waals surface area contributed by atoms with Crippen molar-refractivity contribution < 1.29 is 21.6 Å². The van der Waals surface area contributed by atoms with Gasteiger partial charge in [-0.15, -0.1) is 0 Å². The van der Waals surface area contributed by atoms with Crippen molar-refractivity contribution in [3.05, 3.63) is 82.9 Å². The predicted molar refractivity (Wildman–Crippen MR) is 131 cm³/mol. The number of carbonyl (C=O) groups is 1. The fourth-order valence-corrected chi connectivity index (χ4v) is 4.81. The Bertz CT molecular complexity index is 1410. The number of aryl methyl sites for hydroxylation is 2. The summed E-state index contributed by atoms with van der Waals surface area (Å²) in [4.78, 5) is 12.6. The van der Waals surface area contributed by atoms with Gasteiger partial charge >= 0.3 is 0 Å². The van der Waals surface area contributed by atoms with E-state index < -0.39 is 26.0 Å². The van der Waals surface area contributed by atoms with E-state index in [1.807, 2.05) is 19.9 Å². The molecular formula is C23H25N3O5S2. The Morgan fingerprint density at radius 1 is 0.758 bits per heavy atom. The number of benzene rings is 3. The van der Waals surface area contributed by atoms with Crippen LogP contribution in [0.3, 0.4) is 0 Å². The van der Waals surface area contributed by atoms with Gasteiger partial charge < -0.3 is 5.32 Å². The van der Waals surface area contributed by atoms with E-state index in [0.29, 0.717) is 22.6 Å². The van der Waals surface area contributed by atoms with Crippen LogP contribution in [0.25, 0.3) is 0 Å². The Morgan fingerprint density at radius 2 is 1.42 bits per heavy atom. The average Bonchev–Trinajstić information content (AvgIpc) is 2.73. The van der Waals surface area contributed by atoms with Crippen molar-refractivity contribution in [1.29, 1.82) is 0 Å². The molecule has 0 bridgehead atoms. The number of sulfonamides is 2. The van der Waals surface area contributed by atoms with E-state index in [1.54, 1.807) is 31.2 Å². The summed E-state index contributed by atoms with van der Waals surface area (Å²) >= 11 is 0. The second-order valence-corrected chi connectivity index (χ2v) is 11.2. The second kappa shape index (κ2) is 9.24. The van der Waals surface area contributed by atoms with Crippen LogP contribution in [0.2, 0.25) is 0 Å². The minimum absolute atomic E-state index is 0.0231. The van der Waals surface area contributed by atoms with Crippen molar-refractivity contribution in [3.63, 3.8) is 0 Å². The molecule has 0 aliphatic carbocycles. The molecule has 0 aliphatic heterocycles. The van der Waals surface area contributed by atoms with Crippen LogP contribution in [0.15, 0.2) is 65.6 Å². The Labute approximate surface area is 194 Å². The van der Waals surface area contributed by atoms with Crippen LogP contribution in [0.5, 0.6) is 0 Å². The number of anilines is 3. The Morgan fingerprint density at radius 3 is 2.06 bits per heavy atom. The van der Waals surface area contributed by atoms with Crippen LogP contribution in [0.4, 0.5) is 17.1 Å². The zero-order valence-corrected chi connectivity index (χ0v) is 20.3. The molecule has 0 spiro atoms. The molecule has 3 rings (SSSR count). The molecule has 174 valence electrons. The molecule has 3 aromatic carbocycles. The Kier molecular flexibility index (Phi) is 6.80. The minimum atomic E-state index is -3.83. The summed E-state index contributed by atoms with van der Waals surface area (Å²) in [6.45, 7) is 5.47. The molecule has 0 heterocycles. The highest BCUT2D eigenvalue weighted by molar-refractivity contribution is 7.92. The molecule has 0 radical (unpaired) electrons. The first-order valence-electron chi connectivity index (χ1n) is 9.94. The molecular weight excluding hydrogens is 462 g/mol. The topological polar surface area (TPSA) is 121 Å². The van der Waals surface area contributed by atoms with E-state index in [0.717, 1.165) is 17.4 Å². The van der Waals surface area contributed by atoms with Crippen LogP contribution in [-0.2, 0) is 20.0 Å². The van der Waals surface area contributed by atoms with Crippen molar-refractivity contribution in [1.82, 2.24) is 0 Å². The normalized spacial score (nSPS) is 11.6. The summed E-state index contributed by atoms with van der Waals surface area (Å²) in [6.07, 6.45) is 1.04. The molecule has 0 fully saturated rings. The molecule has 0 saturated heterocycles. The monoisotopic (exact) mass is 487 g/mol. The zero-order valence-electron chi connectivity index (χ0n) is 18.6. The average molecular weight is 488 g/mol. The number of hydrogen-bond acceptors (Lipinski definition) is 5. The lowest BCUT2D eigenvalue weighted by atomic mass is 10.1. The molecule has 8 nitrogen and oxygen atoms in total. The van der Waals surface area contributed by atoms with Gasteiger partial charge in [0.25, 0.3) is 15.9 Å². The highest BCUT2D eigenvalue weighted by Crippen LogP contribution is 2.24. The molecule has 3 aromatic rings.